The first-order valence-electron chi connectivity index (χ1n) is 7.31. The van der Waals surface area contributed by atoms with Crippen LogP contribution in [-0.2, 0) is 19.4 Å². The average molecular weight is 290 g/mol. The van der Waals surface area contributed by atoms with Crippen LogP contribution in [-0.4, -0.2) is 33.9 Å². The molecule has 0 spiro atoms. The summed E-state index contributed by atoms with van der Waals surface area (Å²) >= 11 is 0. The molecule has 0 fully saturated rings. The van der Waals surface area contributed by atoms with Crippen molar-refractivity contribution < 1.29 is 15.0 Å². The Morgan fingerprint density at radius 2 is 2.14 bits per heavy atom. The summed E-state index contributed by atoms with van der Waals surface area (Å²) in [4.78, 5) is 11.6. The molecule has 2 aromatic rings. The van der Waals surface area contributed by atoms with E-state index in [-0.39, 0.29) is 6.61 Å². The number of hydrogen-bond acceptors (Lipinski definition) is 3. The largest absolute Gasteiger partial charge is 0.478 e. The summed E-state index contributed by atoms with van der Waals surface area (Å²) < 4.78 is 1.84. The molecule has 0 radical (unpaired) electrons. The van der Waals surface area contributed by atoms with Crippen LogP contribution in [0.4, 0.5) is 0 Å². The monoisotopic (exact) mass is 290 g/mol. The molecule has 0 aliphatic heterocycles. The lowest BCUT2D eigenvalue weighted by Crippen LogP contribution is -2.06. The first-order chi connectivity index (χ1) is 10.1. The zero-order valence-corrected chi connectivity index (χ0v) is 12.3. The average Bonchev–Trinajstić information content (AvgIpc) is 2.82. The van der Waals surface area contributed by atoms with Gasteiger partial charge in [0.05, 0.1) is 17.7 Å². The third kappa shape index (κ3) is 3.09. The third-order valence-electron chi connectivity index (χ3n) is 3.74. The van der Waals surface area contributed by atoms with Crippen molar-refractivity contribution in [2.45, 2.75) is 32.7 Å². The maximum Gasteiger partial charge on any atom is 0.337 e. The van der Waals surface area contributed by atoms with Gasteiger partial charge in [-0.25, -0.2) is 4.79 Å². The molecule has 114 valence electrons. The predicted octanol–water partition coefficient (Wildman–Crippen LogP) is 1.79. The number of hydrogen-bond donors (Lipinski definition) is 3. The van der Waals surface area contributed by atoms with E-state index in [1.54, 1.807) is 6.07 Å². The highest BCUT2D eigenvalue weighted by Crippen LogP contribution is 2.28. The lowest BCUT2D eigenvalue weighted by atomic mass is 10.0. The number of aliphatic hydroxyl groups excluding tert-OH is 1. The smallest absolute Gasteiger partial charge is 0.337 e. The number of benzene rings is 1. The number of aryl methyl sites for hydroxylation is 2. The van der Waals surface area contributed by atoms with E-state index >= 15 is 0 Å². The zero-order valence-electron chi connectivity index (χ0n) is 12.3. The van der Waals surface area contributed by atoms with E-state index in [2.05, 4.69) is 6.07 Å². The Labute approximate surface area is 124 Å². The van der Waals surface area contributed by atoms with E-state index in [1.165, 1.54) is 0 Å². The maximum absolute atomic E-state index is 11.6. The molecule has 0 amide bonds. The number of carbonyl (C=O) groups is 1. The van der Waals surface area contributed by atoms with Gasteiger partial charge in [0, 0.05) is 18.1 Å². The molecule has 1 aromatic carbocycles. The molecule has 0 bridgehead atoms. The van der Waals surface area contributed by atoms with Crippen LogP contribution in [0.1, 0.15) is 34.8 Å². The fourth-order valence-corrected chi connectivity index (χ4v) is 2.71. The second-order valence-corrected chi connectivity index (χ2v) is 5.16. The molecule has 4 N–H and O–H groups in total. The molecule has 0 atom stereocenters. The van der Waals surface area contributed by atoms with Gasteiger partial charge in [-0.1, -0.05) is 6.92 Å². The van der Waals surface area contributed by atoms with Gasteiger partial charge in [0.2, 0.25) is 0 Å². The number of fused-ring (bicyclic) bond motifs is 1. The van der Waals surface area contributed by atoms with Crippen molar-refractivity contribution >= 4 is 16.9 Å². The second-order valence-electron chi connectivity index (χ2n) is 5.16. The van der Waals surface area contributed by atoms with Gasteiger partial charge in [0.1, 0.15) is 0 Å². The van der Waals surface area contributed by atoms with Gasteiger partial charge in [-0.3, -0.25) is 0 Å². The molecule has 21 heavy (non-hydrogen) atoms. The Morgan fingerprint density at radius 3 is 2.71 bits per heavy atom. The van der Waals surface area contributed by atoms with Crippen LogP contribution in [0.2, 0.25) is 0 Å². The summed E-state index contributed by atoms with van der Waals surface area (Å²) in [6.45, 7) is 2.99. The van der Waals surface area contributed by atoms with Crippen LogP contribution in [0.25, 0.3) is 10.9 Å². The van der Waals surface area contributed by atoms with E-state index in [9.17, 15) is 15.0 Å². The Balaban J connectivity index is 2.69. The number of carboxylic acid groups (broad SMARTS) is 1. The van der Waals surface area contributed by atoms with E-state index < -0.39 is 5.97 Å². The predicted molar refractivity (Wildman–Crippen MR) is 82.7 cm³/mol. The van der Waals surface area contributed by atoms with Crippen molar-refractivity contribution in [1.29, 1.82) is 0 Å². The van der Waals surface area contributed by atoms with Gasteiger partial charge < -0.3 is 20.5 Å². The molecule has 5 heteroatoms. The summed E-state index contributed by atoms with van der Waals surface area (Å²) in [7, 11) is 0. The Morgan fingerprint density at radius 1 is 1.38 bits per heavy atom. The second kappa shape index (κ2) is 6.74. The van der Waals surface area contributed by atoms with Crippen LogP contribution in [0.15, 0.2) is 18.3 Å². The minimum absolute atomic E-state index is 0.0191. The molecule has 0 unspecified atom stereocenters. The van der Waals surface area contributed by atoms with Gasteiger partial charge in [0.15, 0.2) is 0 Å². The summed E-state index contributed by atoms with van der Waals surface area (Å²) in [6.07, 6.45) is 4.41. The molecule has 2 rings (SSSR count). The maximum atomic E-state index is 11.6. The van der Waals surface area contributed by atoms with Gasteiger partial charge >= 0.3 is 5.97 Å². The number of nitrogens with two attached hydrogens (primary N) is 1. The Bertz CT molecular complexity index is 646. The SMILES string of the molecule is CCc1cc(C(=O)O)c2c(c1)c(CCCN)cn2CCO. The van der Waals surface area contributed by atoms with Gasteiger partial charge in [-0.15, -0.1) is 0 Å². The Kier molecular flexibility index (Phi) is 4.98. The van der Waals surface area contributed by atoms with Gasteiger partial charge in [0.25, 0.3) is 0 Å². The normalized spacial score (nSPS) is 11.2. The quantitative estimate of drug-likeness (QED) is 0.725. The molecule has 0 aliphatic rings. The molecular formula is C16H22N2O3. The summed E-state index contributed by atoms with van der Waals surface area (Å²) in [5.74, 6) is -0.932. The van der Waals surface area contributed by atoms with Crippen LogP contribution < -0.4 is 5.73 Å². The van der Waals surface area contributed by atoms with E-state index in [0.717, 1.165) is 35.8 Å². The Hall–Kier alpha value is -1.85. The number of carboxylic acids is 1. The van der Waals surface area contributed by atoms with Gasteiger partial charge in [-0.05, 0) is 49.1 Å². The van der Waals surface area contributed by atoms with Crippen LogP contribution in [0.5, 0.6) is 0 Å². The van der Waals surface area contributed by atoms with Crippen molar-refractivity contribution in [3.63, 3.8) is 0 Å². The van der Waals surface area contributed by atoms with Crippen LogP contribution in [0, 0.1) is 0 Å². The van der Waals surface area contributed by atoms with E-state index in [1.807, 2.05) is 17.7 Å². The number of nitrogens with zero attached hydrogens (tertiary/aromatic N) is 1. The summed E-state index contributed by atoms with van der Waals surface area (Å²) in [5, 5.41) is 19.7. The van der Waals surface area contributed by atoms with Crippen LogP contribution in [0.3, 0.4) is 0 Å². The third-order valence-corrected chi connectivity index (χ3v) is 3.74. The topological polar surface area (TPSA) is 88.5 Å². The molecule has 5 nitrogen and oxygen atoms in total. The van der Waals surface area contributed by atoms with E-state index in [0.29, 0.717) is 24.2 Å². The first kappa shape index (κ1) is 15.5. The molecule has 1 aromatic heterocycles. The number of aromatic nitrogens is 1. The highest BCUT2D eigenvalue weighted by molar-refractivity contribution is 6.03. The lowest BCUT2D eigenvalue weighted by Gasteiger charge is -2.08. The number of rotatable bonds is 7. The van der Waals surface area contributed by atoms with Crippen molar-refractivity contribution in [3.8, 4) is 0 Å². The fraction of sp³-hybridized carbons (Fsp3) is 0.438. The standard InChI is InChI=1S/C16H22N2O3/c1-2-11-8-13-12(4-3-5-17)10-18(6-7-19)15(13)14(9-11)16(20)21/h8-10,19H,2-7,17H2,1H3,(H,20,21). The molecule has 0 saturated carbocycles. The fourth-order valence-electron chi connectivity index (χ4n) is 2.71. The first-order valence-corrected chi connectivity index (χ1v) is 7.31. The minimum Gasteiger partial charge on any atom is -0.478 e. The summed E-state index contributed by atoms with van der Waals surface area (Å²) in [5.41, 5.74) is 8.69. The van der Waals surface area contributed by atoms with Crippen LogP contribution >= 0.6 is 0 Å². The van der Waals surface area contributed by atoms with Gasteiger partial charge in [-0.2, -0.15) is 0 Å². The highest BCUT2D eigenvalue weighted by atomic mass is 16.4. The lowest BCUT2D eigenvalue weighted by molar-refractivity contribution is 0.0698. The molecule has 1 heterocycles. The molecular weight excluding hydrogens is 268 g/mol. The molecule has 0 saturated heterocycles. The minimum atomic E-state index is -0.932. The van der Waals surface area contributed by atoms with Crippen molar-refractivity contribution in [2.75, 3.05) is 13.2 Å². The molecule has 0 aliphatic carbocycles. The summed E-state index contributed by atoms with van der Waals surface area (Å²) in [6, 6.07) is 3.78. The van der Waals surface area contributed by atoms with E-state index in [4.69, 9.17) is 5.73 Å². The highest BCUT2D eigenvalue weighted by Gasteiger charge is 2.17. The van der Waals surface area contributed by atoms with Crippen molar-refractivity contribution in [1.82, 2.24) is 4.57 Å². The van der Waals surface area contributed by atoms with Crippen molar-refractivity contribution in [2.24, 2.45) is 5.73 Å². The zero-order chi connectivity index (χ0) is 15.4. The van der Waals surface area contributed by atoms with Crippen molar-refractivity contribution in [3.05, 3.63) is 35.0 Å². The number of aliphatic hydroxyl groups is 1. The number of aromatic carboxylic acids is 1.